The summed E-state index contributed by atoms with van der Waals surface area (Å²) in [5.41, 5.74) is 1.52. The van der Waals surface area contributed by atoms with E-state index in [2.05, 4.69) is 0 Å². The highest BCUT2D eigenvalue weighted by Crippen LogP contribution is 2.37. The van der Waals surface area contributed by atoms with Crippen LogP contribution < -0.4 is 19.6 Å². The molecule has 30 heavy (non-hydrogen) atoms. The third-order valence-corrected chi connectivity index (χ3v) is 4.57. The van der Waals surface area contributed by atoms with Crippen LogP contribution in [0, 0.1) is 6.92 Å². The lowest BCUT2D eigenvalue weighted by atomic mass is 10.1. The second kappa shape index (κ2) is 8.90. The minimum absolute atomic E-state index is 0.0703. The van der Waals surface area contributed by atoms with Crippen LogP contribution in [-0.4, -0.2) is 32.9 Å². The third kappa shape index (κ3) is 4.10. The van der Waals surface area contributed by atoms with Gasteiger partial charge in [0, 0.05) is 5.56 Å². The summed E-state index contributed by atoms with van der Waals surface area (Å²) < 4.78 is 27.5. The molecule has 0 aliphatic rings. The first-order valence-corrected chi connectivity index (χ1v) is 9.52. The molecule has 3 rings (SSSR count). The summed E-state index contributed by atoms with van der Waals surface area (Å²) in [6.07, 6.45) is -0.991. The first-order valence-electron chi connectivity index (χ1n) is 9.52. The summed E-state index contributed by atoms with van der Waals surface area (Å²) in [6, 6.07) is 10.4. The number of carbonyl (C=O) groups excluding carboxylic acids is 1. The molecular formula is C23H24O7. The summed E-state index contributed by atoms with van der Waals surface area (Å²) in [7, 11) is 3.05. The van der Waals surface area contributed by atoms with Gasteiger partial charge in [0.05, 0.1) is 26.2 Å². The van der Waals surface area contributed by atoms with Crippen molar-refractivity contribution in [2.24, 2.45) is 0 Å². The Labute approximate surface area is 174 Å². The van der Waals surface area contributed by atoms with E-state index in [1.807, 2.05) is 13.0 Å². The van der Waals surface area contributed by atoms with Crippen LogP contribution in [0.3, 0.4) is 0 Å². The molecule has 0 bridgehead atoms. The van der Waals surface area contributed by atoms with Gasteiger partial charge in [0.15, 0.2) is 23.4 Å². The molecule has 1 heterocycles. The molecule has 0 spiro atoms. The van der Waals surface area contributed by atoms with Gasteiger partial charge < -0.3 is 23.4 Å². The lowest BCUT2D eigenvalue weighted by Crippen LogP contribution is -2.28. The Morgan fingerprint density at radius 2 is 1.80 bits per heavy atom. The molecule has 0 fully saturated rings. The van der Waals surface area contributed by atoms with Crippen LogP contribution in [0.1, 0.15) is 19.4 Å². The average Bonchev–Trinajstić information content (AvgIpc) is 2.74. The molecule has 0 N–H and O–H groups in total. The zero-order chi connectivity index (χ0) is 21.8. The lowest BCUT2D eigenvalue weighted by Gasteiger charge is -2.17. The van der Waals surface area contributed by atoms with Crippen LogP contribution in [0.4, 0.5) is 0 Å². The van der Waals surface area contributed by atoms with Gasteiger partial charge >= 0.3 is 5.97 Å². The van der Waals surface area contributed by atoms with Gasteiger partial charge in [0.25, 0.3) is 0 Å². The largest absolute Gasteiger partial charge is 0.493 e. The monoisotopic (exact) mass is 412 g/mol. The van der Waals surface area contributed by atoms with Crippen molar-refractivity contribution in [2.45, 2.75) is 26.9 Å². The predicted molar refractivity (Wildman–Crippen MR) is 112 cm³/mol. The van der Waals surface area contributed by atoms with Crippen molar-refractivity contribution in [3.8, 4) is 28.6 Å². The standard InChI is InChI=1S/C23H24O7/c1-6-28-23(25)14(3)29-22-20(24)16-9-7-13(2)11-18(16)30-21(22)15-8-10-17(26-4)19(12-15)27-5/h7-12,14H,6H2,1-5H3. The van der Waals surface area contributed by atoms with E-state index in [0.717, 1.165) is 5.56 Å². The van der Waals surface area contributed by atoms with Crippen molar-refractivity contribution in [3.05, 3.63) is 52.2 Å². The number of ether oxygens (including phenoxy) is 4. The maximum Gasteiger partial charge on any atom is 0.347 e. The Morgan fingerprint density at radius 1 is 1.07 bits per heavy atom. The van der Waals surface area contributed by atoms with Crippen molar-refractivity contribution < 1.29 is 28.2 Å². The molecule has 1 atom stereocenters. The minimum Gasteiger partial charge on any atom is -0.493 e. The van der Waals surface area contributed by atoms with Crippen LogP contribution in [0.2, 0.25) is 0 Å². The van der Waals surface area contributed by atoms with Crippen LogP contribution in [0.5, 0.6) is 17.2 Å². The smallest absolute Gasteiger partial charge is 0.347 e. The van der Waals surface area contributed by atoms with Crippen LogP contribution in [0.25, 0.3) is 22.3 Å². The van der Waals surface area contributed by atoms with Gasteiger partial charge in [-0.05, 0) is 56.7 Å². The molecule has 3 aromatic rings. The first-order chi connectivity index (χ1) is 14.4. The van der Waals surface area contributed by atoms with Crippen LogP contribution in [-0.2, 0) is 9.53 Å². The molecule has 158 valence electrons. The van der Waals surface area contributed by atoms with E-state index in [-0.39, 0.29) is 23.5 Å². The lowest BCUT2D eigenvalue weighted by molar-refractivity contribution is -0.150. The van der Waals surface area contributed by atoms with Gasteiger partial charge in [-0.25, -0.2) is 4.79 Å². The average molecular weight is 412 g/mol. The molecule has 7 nitrogen and oxygen atoms in total. The first kappa shape index (κ1) is 21.2. The fourth-order valence-corrected chi connectivity index (χ4v) is 3.04. The fourth-order valence-electron chi connectivity index (χ4n) is 3.04. The molecule has 1 aromatic heterocycles. The van der Waals surface area contributed by atoms with E-state index in [0.29, 0.717) is 28.0 Å². The molecular weight excluding hydrogens is 388 g/mol. The van der Waals surface area contributed by atoms with Crippen molar-refractivity contribution in [1.82, 2.24) is 0 Å². The van der Waals surface area contributed by atoms with Crippen LogP contribution in [0.15, 0.2) is 45.6 Å². The normalized spacial score (nSPS) is 11.8. The van der Waals surface area contributed by atoms with Gasteiger partial charge in [-0.2, -0.15) is 0 Å². The number of hydrogen-bond acceptors (Lipinski definition) is 7. The molecule has 0 amide bonds. The molecule has 0 aliphatic heterocycles. The molecule has 0 aliphatic carbocycles. The minimum atomic E-state index is -0.991. The van der Waals surface area contributed by atoms with E-state index >= 15 is 0 Å². The number of esters is 1. The van der Waals surface area contributed by atoms with Crippen molar-refractivity contribution in [1.29, 1.82) is 0 Å². The van der Waals surface area contributed by atoms with Gasteiger partial charge in [-0.3, -0.25) is 4.79 Å². The molecule has 1 unspecified atom stereocenters. The third-order valence-electron chi connectivity index (χ3n) is 4.57. The highest BCUT2D eigenvalue weighted by molar-refractivity contribution is 5.83. The zero-order valence-electron chi connectivity index (χ0n) is 17.6. The van der Waals surface area contributed by atoms with Gasteiger partial charge in [0.1, 0.15) is 5.58 Å². The van der Waals surface area contributed by atoms with Gasteiger partial charge in [0.2, 0.25) is 11.2 Å². The Bertz CT molecular complexity index is 1130. The van der Waals surface area contributed by atoms with Gasteiger partial charge in [-0.1, -0.05) is 6.07 Å². The van der Waals surface area contributed by atoms with Crippen LogP contribution >= 0.6 is 0 Å². The van der Waals surface area contributed by atoms with Crippen molar-refractivity contribution >= 4 is 16.9 Å². The summed E-state index contributed by atoms with van der Waals surface area (Å²) in [6.45, 7) is 5.34. The Hall–Kier alpha value is -3.48. The van der Waals surface area contributed by atoms with E-state index in [4.69, 9.17) is 23.4 Å². The zero-order valence-corrected chi connectivity index (χ0v) is 17.6. The maximum atomic E-state index is 13.2. The van der Waals surface area contributed by atoms with E-state index < -0.39 is 12.1 Å². The summed E-state index contributed by atoms with van der Waals surface area (Å²) >= 11 is 0. The quantitative estimate of drug-likeness (QED) is 0.540. The van der Waals surface area contributed by atoms with Crippen molar-refractivity contribution in [3.63, 3.8) is 0 Å². The molecule has 0 saturated carbocycles. The number of methoxy groups -OCH3 is 2. The Morgan fingerprint density at radius 3 is 2.47 bits per heavy atom. The van der Waals surface area contributed by atoms with Crippen molar-refractivity contribution in [2.75, 3.05) is 20.8 Å². The second-order valence-electron chi connectivity index (χ2n) is 6.67. The van der Waals surface area contributed by atoms with E-state index in [1.54, 1.807) is 37.3 Å². The molecule has 0 radical (unpaired) electrons. The molecule has 7 heteroatoms. The van der Waals surface area contributed by atoms with Gasteiger partial charge in [-0.15, -0.1) is 0 Å². The molecule has 0 saturated heterocycles. The highest BCUT2D eigenvalue weighted by atomic mass is 16.6. The number of rotatable bonds is 7. The SMILES string of the molecule is CCOC(=O)C(C)Oc1c(-c2ccc(OC)c(OC)c2)oc2cc(C)ccc2c1=O. The Kier molecular flexibility index (Phi) is 6.30. The maximum absolute atomic E-state index is 13.2. The van der Waals surface area contributed by atoms with E-state index in [9.17, 15) is 9.59 Å². The summed E-state index contributed by atoms with van der Waals surface area (Å²) in [5.74, 6) is 0.544. The highest BCUT2D eigenvalue weighted by Gasteiger charge is 2.24. The fraction of sp³-hybridized carbons (Fsp3) is 0.304. The number of benzene rings is 2. The topological polar surface area (TPSA) is 84.2 Å². The van der Waals surface area contributed by atoms with E-state index in [1.165, 1.54) is 21.1 Å². The number of carbonyl (C=O) groups is 1. The molecule has 2 aromatic carbocycles. The number of aryl methyl sites for hydroxylation is 1. The predicted octanol–water partition coefficient (Wildman–Crippen LogP) is 4.12. The second-order valence-corrected chi connectivity index (χ2v) is 6.67. The Balaban J connectivity index is 2.22. The summed E-state index contributed by atoms with van der Waals surface area (Å²) in [5, 5.41) is 0.357. The summed E-state index contributed by atoms with van der Waals surface area (Å²) in [4.78, 5) is 25.3. The number of hydrogen-bond donors (Lipinski definition) is 0. The number of fused-ring (bicyclic) bond motifs is 1.